The molecule has 6 nitrogen and oxygen atoms in total. The molecular weight excluding hydrogens is 342 g/mol. The zero-order valence-corrected chi connectivity index (χ0v) is 15.5. The van der Waals surface area contributed by atoms with Crippen molar-refractivity contribution in [3.05, 3.63) is 77.9 Å². The Kier molecular flexibility index (Phi) is 5.76. The van der Waals surface area contributed by atoms with Crippen LogP contribution in [0.3, 0.4) is 0 Å². The number of nitrogens with zero attached hydrogens (tertiary/aromatic N) is 3. The van der Waals surface area contributed by atoms with E-state index in [2.05, 4.69) is 5.10 Å². The number of hydrogen-bond acceptors (Lipinski definition) is 4. The van der Waals surface area contributed by atoms with Crippen LogP contribution in [0.15, 0.2) is 60.7 Å². The number of aromatic nitrogens is 3. The highest BCUT2D eigenvalue weighted by molar-refractivity contribution is 5.95. The number of carbonyl (C=O) groups excluding carboxylic acids is 2. The van der Waals surface area contributed by atoms with Gasteiger partial charge in [0, 0.05) is 17.6 Å². The summed E-state index contributed by atoms with van der Waals surface area (Å²) in [7, 11) is 0. The average Bonchev–Trinajstić information content (AvgIpc) is 2.99. The highest BCUT2D eigenvalue weighted by atomic mass is 16.5. The Balaban J connectivity index is 1.98. The third-order valence-electron chi connectivity index (χ3n) is 4.23. The van der Waals surface area contributed by atoms with Gasteiger partial charge in [-0.15, -0.1) is 0 Å². The van der Waals surface area contributed by atoms with Crippen molar-refractivity contribution in [1.82, 2.24) is 9.78 Å². The number of carbonyl (C=O) groups is 2. The number of benzene rings is 2. The summed E-state index contributed by atoms with van der Waals surface area (Å²) in [6.45, 7) is 4.06. The molecule has 0 aliphatic carbocycles. The zero-order valence-electron chi connectivity index (χ0n) is 15.5. The first kappa shape index (κ1) is 18.5. The molecule has 138 valence electrons. The molecule has 3 aromatic rings. The monoisotopic (exact) mass is 364 g/mol. The summed E-state index contributed by atoms with van der Waals surface area (Å²) < 4.78 is 8.58. The highest BCUT2D eigenvalue weighted by Gasteiger charge is 2.28. The second-order valence-corrected chi connectivity index (χ2v) is 6.07. The van der Waals surface area contributed by atoms with E-state index in [1.54, 1.807) is 28.3 Å². The fourth-order valence-electron chi connectivity index (χ4n) is 2.89. The molecule has 3 rings (SSSR count). The number of rotatable bonds is 7. The minimum Gasteiger partial charge on any atom is -0.466 e. The zero-order chi connectivity index (χ0) is 19.2. The van der Waals surface area contributed by atoms with Gasteiger partial charge in [-0.05, 0) is 19.1 Å². The molecule has 0 radical (unpaired) electrons. The lowest BCUT2D eigenvalue weighted by Crippen LogP contribution is -2.44. The van der Waals surface area contributed by atoms with Crippen molar-refractivity contribution in [2.24, 2.45) is 0 Å². The van der Waals surface area contributed by atoms with Crippen molar-refractivity contribution in [2.75, 3.05) is 6.61 Å². The first-order valence-electron chi connectivity index (χ1n) is 8.87. The van der Waals surface area contributed by atoms with Crippen molar-refractivity contribution in [1.29, 1.82) is 0 Å². The molecule has 27 heavy (non-hydrogen) atoms. The SMILES string of the molecule is CCOC(=O)Cc1nn(-c2ccccc2)c(C)[n+]1CC(=O)c1ccccc1. The first-order chi connectivity index (χ1) is 13.1. The smallest absolute Gasteiger partial charge is 0.316 e. The Labute approximate surface area is 158 Å². The first-order valence-corrected chi connectivity index (χ1v) is 8.87. The summed E-state index contributed by atoms with van der Waals surface area (Å²) in [5, 5.41) is 4.58. The van der Waals surface area contributed by atoms with E-state index in [1.165, 1.54) is 0 Å². The third kappa shape index (κ3) is 4.28. The van der Waals surface area contributed by atoms with Crippen LogP contribution in [0.25, 0.3) is 5.69 Å². The summed E-state index contributed by atoms with van der Waals surface area (Å²) in [6.07, 6.45) is 0.0105. The summed E-state index contributed by atoms with van der Waals surface area (Å²) >= 11 is 0. The van der Waals surface area contributed by atoms with Crippen molar-refractivity contribution in [3.63, 3.8) is 0 Å². The summed E-state index contributed by atoms with van der Waals surface area (Å²) in [5.41, 5.74) is 1.49. The quantitative estimate of drug-likeness (QED) is 0.367. The molecule has 0 amide bonds. The Morgan fingerprint density at radius 3 is 2.30 bits per heavy atom. The van der Waals surface area contributed by atoms with Crippen LogP contribution in [0.4, 0.5) is 0 Å². The molecule has 0 saturated carbocycles. The molecule has 2 aromatic carbocycles. The van der Waals surface area contributed by atoms with Crippen molar-refractivity contribution in [3.8, 4) is 5.69 Å². The molecular formula is C21H22N3O3+. The fraction of sp³-hybridized carbons (Fsp3) is 0.238. The van der Waals surface area contributed by atoms with Gasteiger partial charge in [0.1, 0.15) is 18.7 Å². The van der Waals surface area contributed by atoms with E-state index in [1.807, 2.05) is 55.5 Å². The van der Waals surface area contributed by atoms with E-state index in [9.17, 15) is 9.59 Å². The molecule has 1 heterocycles. The minimum atomic E-state index is -0.365. The summed E-state index contributed by atoms with van der Waals surface area (Å²) in [6, 6.07) is 18.7. The van der Waals surface area contributed by atoms with E-state index >= 15 is 0 Å². The lowest BCUT2D eigenvalue weighted by atomic mass is 10.1. The molecule has 0 bridgehead atoms. The maximum Gasteiger partial charge on any atom is 0.316 e. The van der Waals surface area contributed by atoms with Gasteiger partial charge in [0.05, 0.1) is 6.61 Å². The largest absolute Gasteiger partial charge is 0.466 e. The van der Waals surface area contributed by atoms with Gasteiger partial charge in [-0.2, -0.15) is 0 Å². The van der Waals surface area contributed by atoms with Crippen LogP contribution < -0.4 is 4.57 Å². The van der Waals surface area contributed by atoms with Crippen LogP contribution in [0.5, 0.6) is 0 Å². The number of Topliss-reactive ketones (excluding diaryl/α,β-unsaturated/α-hetero) is 1. The van der Waals surface area contributed by atoms with Gasteiger partial charge in [-0.25, -0.2) is 4.57 Å². The van der Waals surface area contributed by atoms with Crippen LogP contribution >= 0.6 is 0 Å². The number of esters is 1. The van der Waals surface area contributed by atoms with E-state index in [0.717, 1.165) is 11.5 Å². The average molecular weight is 364 g/mol. The standard InChI is InChI=1S/C21H22N3O3/c1-3-27-21(26)14-20-22-24(18-12-8-5-9-13-18)16(2)23(20)15-19(25)17-10-6-4-7-11-17/h4-13H,3,14-15H2,1-2H3/q+1. The van der Waals surface area contributed by atoms with Gasteiger partial charge in [-0.1, -0.05) is 53.2 Å². The van der Waals surface area contributed by atoms with Crippen LogP contribution in [0, 0.1) is 6.92 Å². The highest BCUT2D eigenvalue weighted by Crippen LogP contribution is 2.10. The van der Waals surface area contributed by atoms with E-state index in [4.69, 9.17) is 4.74 Å². The number of ketones is 1. The van der Waals surface area contributed by atoms with Crippen molar-refractivity contribution in [2.45, 2.75) is 26.8 Å². The molecule has 0 aliphatic heterocycles. The van der Waals surface area contributed by atoms with Crippen molar-refractivity contribution < 1.29 is 18.9 Å². The van der Waals surface area contributed by atoms with Crippen LogP contribution in [-0.2, 0) is 22.5 Å². The number of para-hydroxylation sites is 1. The van der Waals surface area contributed by atoms with Crippen LogP contribution in [0.1, 0.15) is 28.9 Å². The molecule has 1 aromatic heterocycles. The summed E-state index contributed by atoms with van der Waals surface area (Å²) in [4.78, 5) is 24.7. The Morgan fingerprint density at radius 1 is 1.04 bits per heavy atom. The molecule has 0 spiro atoms. The summed E-state index contributed by atoms with van der Waals surface area (Å²) in [5.74, 6) is 0.862. The number of ether oxygens (including phenoxy) is 1. The maximum absolute atomic E-state index is 12.7. The normalized spacial score (nSPS) is 10.6. The fourth-order valence-corrected chi connectivity index (χ4v) is 2.89. The minimum absolute atomic E-state index is 0.0105. The molecule has 0 saturated heterocycles. The molecule has 0 unspecified atom stereocenters. The Hall–Kier alpha value is -3.28. The van der Waals surface area contributed by atoms with Gasteiger partial charge in [0.2, 0.25) is 5.82 Å². The lowest BCUT2D eigenvalue weighted by molar-refractivity contribution is -0.696. The van der Waals surface area contributed by atoms with Gasteiger partial charge in [0.25, 0.3) is 5.82 Å². The van der Waals surface area contributed by atoms with Gasteiger partial charge >= 0.3 is 5.97 Å². The van der Waals surface area contributed by atoms with Gasteiger partial charge < -0.3 is 4.74 Å². The molecule has 0 fully saturated rings. The number of hydrogen-bond donors (Lipinski definition) is 0. The maximum atomic E-state index is 12.7. The molecule has 6 heteroatoms. The Morgan fingerprint density at radius 2 is 1.67 bits per heavy atom. The third-order valence-corrected chi connectivity index (χ3v) is 4.23. The van der Waals surface area contributed by atoms with Gasteiger partial charge in [0.15, 0.2) is 5.78 Å². The second kappa shape index (κ2) is 8.40. The molecule has 0 atom stereocenters. The van der Waals surface area contributed by atoms with Gasteiger partial charge in [-0.3, -0.25) is 9.59 Å². The predicted octanol–water partition coefficient (Wildman–Crippen LogP) is 2.46. The van der Waals surface area contributed by atoms with Crippen LogP contribution in [0.2, 0.25) is 0 Å². The van der Waals surface area contributed by atoms with Crippen LogP contribution in [-0.4, -0.2) is 28.1 Å². The topological polar surface area (TPSA) is 65.1 Å². The Bertz CT molecular complexity index is 934. The van der Waals surface area contributed by atoms with E-state index in [-0.39, 0.29) is 24.7 Å². The van der Waals surface area contributed by atoms with Crippen molar-refractivity contribution >= 4 is 11.8 Å². The van der Waals surface area contributed by atoms with E-state index < -0.39 is 0 Å². The van der Waals surface area contributed by atoms with E-state index in [0.29, 0.717) is 18.0 Å². The molecule has 0 aliphatic rings. The predicted molar refractivity (Wildman–Crippen MR) is 99.6 cm³/mol. The lowest BCUT2D eigenvalue weighted by Gasteiger charge is -2.03. The second-order valence-electron chi connectivity index (χ2n) is 6.07. The molecule has 0 N–H and O–H groups in total.